The molecule has 0 fully saturated rings. The Bertz CT molecular complexity index is 427. The lowest BCUT2D eigenvalue weighted by molar-refractivity contribution is 0.760. The highest BCUT2D eigenvalue weighted by Gasteiger charge is 2.11. The minimum atomic E-state index is 0.250. The average Bonchev–Trinajstić information content (AvgIpc) is 2.77. The van der Waals surface area contributed by atoms with Crippen LogP contribution in [0.5, 0.6) is 0 Å². The summed E-state index contributed by atoms with van der Waals surface area (Å²) in [5.74, 6) is 1.35. The van der Waals surface area contributed by atoms with Crippen LogP contribution in [0, 0.1) is 0 Å². The van der Waals surface area contributed by atoms with Gasteiger partial charge < -0.3 is 4.57 Å². The number of alkyl halides is 2. The number of benzene rings is 1. The molecular weight excluding hydrogens is 322 g/mol. The summed E-state index contributed by atoms with van der Waals surface area (Å²) in [5.41, 5.74) is 1.25. The Kier molecular flexibility index (Phi) is 3.64. The lowest BCUT2D eigenvalue weighted by Gasteiger charge is -2.14. The Morgan fingerprint density at radius 3 is 2.73 bits per heavy atom. The summed E-state index contributed by atoms with van der Waals surface area (Å²) >= 11 is 8.20. The van der Waals surface area contributed by atoms with Gasteiger partial charge in [0.15, 0.2) is 0 Å². The Morgan fingerprint density at radius 2 is 2.07 bits per heavy atom. The van der Waals surface area contributed by atoms with Crippen LogP contribution in [0.1, 0.15) is 15.4 Å². The first kappa shape index (κ1) is 11.0. The second kappa shape index (κ2) is 4.99. The molecule has 78 valence electrons. The number of hydrogen-bond donors (Lipinski definition) is 0. The van der Waals surface area contributed by atoms with Gasteiger partial charge in [0.2, 0.25) is 0 Å². The summed E-state index contributed by atoms with van der Waals surface area (Å²) in [4.78, 5) is 4.21. The van der Waals surface area contributed by atoms with Gasteiger partial charge in [-0.25, -0.2) is 4.98 Å². The van der Waals surface area contributed by atoms with Crippen LogP contribution in [0.2, 0.25) is 0 Å². The highest BCUT2D eigenvalue weighted by Crippen LogP contribution is 2.26. The quantitative estimate of drug-likeness (QED) is 0.620. The van der Waals surface area contributed by atoms with Crippen LogP contribution in [-0.2, 0) is 5.88 Å². The predicted octanol–water partition coefficient (Wildman–Crippen LogP) is 3.60. The van der Waals surface area contributed by atoms with Crippen molar-refractivity contribution in [1.82, 2.24) is 9.55 Å². The zero-order valence-electron chi connectivity index (χ0n) is 7.98. The molecule has 2 rings (SSSR count). The van der Waals surface area contributed by atoms with E-state index < -0.39 is 0 Å². The van der Waals surface area contributed by atoms with E-state index in [1.807, 2.05) is 24.4 Å². The largest absolute Gasteiger partial charge is 0.317 e. The van der Waals surface area contributed by atoms with Crippen LogP contribution >= 0.6 is 34.2 Å². The highest BCUT2D eigenvalue weighted by molar-refractivity contribution is 14.1. The van der Waals surface area contributed by atoms with Gasteiger partial charge in [-0.3, -0.25) is 0 Å². The average molecular weight is 333 g/mol. The maximum absolute atomic E-state index is 5.82. The number of rotatable bonds is 3. The van der Waals surface area contributed by atoms with E-state index in [9.17, 15) is 0 Å². The van der Waals surface area contributed by atoms with Crippen molar-refractivity contribution in [3.8, 4) is 0 Å². The van der Waals surface area contributed by atoms with E-state index in [0.717, 1.165) is 5.82 Å². The third-order valence-electron chi connectivity index (χ3n) is 2.19. The van der Waals surface area contributed by atoms with Crippen molar-refractivity contribution in [3.63, 3.8) is 0 Å². The summed E-state index contributed by atoms with van der Waals surface area (Å²) in [6.07, 6.45) is 3.74. The van der Waals surface area contributed by atoms with E-state index in [2.05, 4.69) is 44.3 Å². The first-order chi connectivity index (χ1) is 7.33. The van der Waals surface area contributed by atoms with Crippen molar-refractivity contribution in [3.05, 3.63) is 54.1 Å². The standard InChI is InChI=1S/C11H10ClIN2/c12-8-10-14-6-7-15(10)11(13)9-4-2-1-3-5-9/h1-7,11H,8H2. The van der Waals surface area contributed by atoms with Gasteiger partial charge in [-0.15, -0.1) is 11.6 Å². The Balaban J connectivity index is 2.32. The molecule has 0 aliphatic heterocycles. The molecule has 0 spiro atoms. The predicted molar refractivity (Wildman–Crippen MR) is 70.4 cm³/mol. The van der Waals surface area contributed by atoms with E-state index in [-0.39, 0.29) is 4.05 Å². The molecule has 0 radical (unpaired) electrons. The van der Waals surface area contributed by atoms with Crippen LogP contribution in [0.25, 0.3) is 0 Å². The first-order valence-electron chi connectivity index (χ1n) is 4.59. The van der Waals surface area contributed by atoms with Gasteiger partial charge in [0.1, 0.15) is 9.87 Å². The molecule has 0 amide bonds. The SMILES string of the molecule is ClCc1nccn1C(I)c1ccccc1. The summed E-state index contributed by atoms with van der Waals surface area (Å²) in [7, 11) is 0. The van der Waals surface area contributed by atoms with Crippen LogP contribution in [-0.4, -0.2) is 9.55 Å². The first-order valence-corrected chi connectivity index (χ1v) is 6.37. The van der Waals surface area contributed by atoms with E-state index >= 15 is 0 Å². The molecule has 0 aliphatic carbocycles. The zero-order valence-corrected chi connectivity index (χ0v) is 10.9. The lowest BCUT2D eigenvalue weighted by Crippen LogP contribution is -2.05. The van der Waals surface area contributed by atoms with E-state index in [1.54, 1.807) is 6.20 Å². The van der Waals surface area contributed by atoms with Crippen molar-refractivity contribution in [2.75, 3.05) is 0 Å². The van der Waals surface area contributed by atoms with Crippen molar-refractivity contribution >= 4 is 34.2 Å². The summed E-state index contributed by atoms with van der Waals surface area (Å²) < 4.78 is 2.34. The second-order valence-corrected chi connectivity index (χ2v) is 4.58. The number of nitrogens with zero attached hydrogens (tertiary/aromatic N) is 2. The number of imidazole rings is 1. The fourth-order valence-corrected chi connectivity index (χ4v) is 2.56. The van der Waals surface area contributed by atoms with Gasteiger partial charge in [-0.05, 0) is 5.56 Å². The third-order valence-corrected chi connectivity index (χ3v) is 3.75. The molecule has 0 N–H and O–H groups in total. The minimum absolute atomic E-state index is 0.250. The normalized spacial score (nSPS) is 12.7. The molecule has 0 saturated heterocycles. The van der Waals surface area contributed by atoms with Crippen LogP contribution in [0.15, 0.2) is 42.7 Å². The minimum Gasteiger partial charge on any atom is -0.317 e. The Labute approximate surface area is 107 Å². The molecule has 1 heterocycles. The van der Waals surface area contributed by atoms with Crippen molar-refractivity contribution in [2.24, 2.45) is 0 Å². The number of aromatic nitrogens is 2. The molecular formula is C11H10ClIN2. The zero-order chi connectivity index (χ0) is 10.7. The van der Waals surface area contributed by atoms with E-state index in [4.69, 9.17) is 11.6 Å². The van der Waals surface area contributed by atoms with Gasteiger partial charge >= 0.3 is 0 Å². The second-order valence-electron chi connectivity index (χ2n) is 3.13. The van der Waals surface area contributed by atoms with Crippen molar-refractivity contribution in [1.29, 1.82) is 0 Å². The molecule has 2 aromatic rings. The fourth-order valence-electron chi connectivity index (χ4n) is 1.43. The van der Waals surface area contributed by atoms with Gasteiger partial charge in [-0.1, -0.05) is 52.9 Å². The molecule has 1 unspecified atom stereocenters. The van der Waals surface area contributed by atoms with Gasteiger partial charge in [0.05, 0.1) is 5.88 Å². The van der Waals surface area contributed by atoms with Crippen LogP contribution in [0.4, 0.5) is 0 Å². The number of halogens is 2. The molecule has 0 bridgehead atoms. The lowest BCUT2D eigenvalue weighted by atomic mass is 10.2. The van der Waals surface area contributed by atoms with E-state index in [0.29, 0.717) is 5.88 Å². The van der Waals surface area contributed by atoms with Gasteiger partial charge in [0, 0.05) is 12.4 Å². The van der Waals surface area contributed by atoms with Gasteiger partial charge in [0.25, 0.3) is 0 Å². The summed E-state index contributed by atoms with van der Waals surface area (Å²) in [5, 5.41) is 0. The molecule has 1 atom stereocenters. The summed E-state index contributed by atoms with van der Waals surface area (Å²) in [6, 6.07) is 10.3. The maximum Gasteiger partial charge on any atom is 0.124 e. The molecule has 4 heteroatoms. The molecule has 0 saturated carbocycles. The molecule has 0 aliphatic rings. The molecule has 2 nitrogen and oxygen atoms in total. The molecule has 1 aromatic heterocycles. The molecule has 1 aromatic carbocycles. The third kappa shape index (κ3) is 2.34. The van der Waals surface area contributed by atoms with Crippen molar-refractivity contribution < 1.29 is 0 Å². The van der Waals surface area contributed by atoms with Crippen LogP contribution in [0.3, 0.4) is 0 Å². The highest BCUT2D eigenvalue weighted by atomic mass is 127. The Hall–Kier alpha value is -0.550. The van der Waals surface area contributed by atoms with Gasteiger partial charge in [-0.2, -0.15) is 0 Å². The van der Waals surface area contributed by atoms with Crippen molar-refractivity contribution in [2.45, 2.75) is 9.93 Å². The monoisotopic (exact) mass is 332 g/mol. The summed E-state index contributed by atoms with van der Waals surface area (Å²) in [6.45, 7) is 0. The maximum atomic E-state index is 5.82. The topological polar surface area (TPSA) is 17.8 Å². The Morgan fingerprint density at radius 1 is 1.33 bits per heavy atom. The fraction of sp³-hybridized carbons (Fsp3) is 0.182. The van der Waals surface area contributed by atoms with E-state index in [1.165, 1.54) is 5.56 Å². The smallest absolute Gasteiger partial charge is 0.124 e. The molecule has 15 heavy (non-hydrogen) atoms. The van der Waals surface area contributed by atoms with Crippen LogP contribution < -0.4 is 0 Å². The number of hydrogen-bond acceptors (Lipinski definition) is 1.